The van der Waals surface area contributed by atoms with Gasteiger partial charge in [0.05, 0.1) is 27.7 Å². The van der Waals surface area contributed by atoms with Crippen LogP contribution in [0.3, 0.4) is 0 Å². The van der Waals surface area contributed by atoms with Gasteiger partial charge in [-0.15, -0.1) is 0 Å². The molecule has 0 saturated carbocycles. The van der Waals surface area contributed by atoms with Crippen molar-refractivity contribution in [1.29, 1.82) is 0 Å². The Morgan fingerprint density at radius 1 is 0.638 bits per heavy atom. The number of ketones is 2. The van der Waals surface area contributed by atoms with Crippen LogP contribution in [0.15, 0.2) is 0 Å². The van der Waals surface area contributed by atoms with Gasteiger partial charge in [-0.05, 0) is 12.8 Å². The van der Waals surface area contributed by atoms with Crippen molar-refractivity contribution in [1.82, 2.24) is 0 Å². The fourth-order valence-electron chi connectivity index (χ4n) is 5.37. The molecule has 0 aromatic rings. The number of hydrogen-bond donors (Lipinski definition) is 5. The molecule has 0 aliphatic carbocycles. The lowest BCUT2D eigenvalue weighted by Crippen LogP contribution is -2.57. The molecule has 5 N–H and O–H groups in total. The van der Waals surface area contributed by atoms with E-state index in [1.54, 1.807) is 0 Å². The molecule has 0 aromatic carbocycles. The smallest absolute Gasteiger partial charge is 0.394 e. The summed E-state index contributed by atoms with van der Waals surface area (Å²) < 4.78 is 15.1. The normalized spacial score (nSPS) is 12.9. The van der Waals surface area contributed by atoms with Gasteiger partial charge in [0.2, 0.25) is 5.60 Å². The summed E-state index contributed by atoms with van der Waals surface area (Å²) in [5, 5.41) is 30.3. The number of carbonyl (C=O) groups excluding carboxylic acids is 2. The van der Waals surface area contributed by atoms with Gasteiger partial charge in [0.25, 0.3) is 0 Å². The van der Waals surface area contributed by atoms with E-state index in [1.165, 1.54) is 89.9 Å². The zero-order valence-corrected chi connectivity index (χ0v) is 31.8. The summed E-state index contributed by atoms with van der Waals surface area (Å²) in [5.41, 5.74) is -2.47. The largest absolute Gasteiger partial charge is 0.469 e. The maximum Gasteiger partial charge on any atom is 0.469 e. The van der Waals surface area contributed by atoms with Gasteiger partial charge >= 0.3 is 7.82 Å². The van der Waals surface area contributed by atoms with Crippen molar-refractivity contribution in [3.8, 4) is 0 Å². The minimum atomic E-state index is -4.26. The molecule has 0 heterocycles. The number of phosphoric ester groups is 1. The van der Waals surface area contributed by atoms with Gasteiger partial charge in [-0.3, -0.25) is 14.1 Å². The van der Waals surface area contributed by atoms with Gasteiger partial charge in [0, 0.05) is 12.8 Å². The molecule has 0 fully saturated rings. The lowest BCUT2D eigenvalue weighted by Gasteiger charge is -2.29. The zero-order chi connectivity index (χ0) is 36.0. The van der Waals surface area contributed by atoms with E-state index in [4.69, 9.17) is 9.79 Å². The van der Waals surface area contributed by atoms with Crippen LogP contribution < -0.4 is 0 Å². The average molecular weight is 697 g/mol. The second-order valence-electron chi connectivity index (χ2n) is 14.2. The molecule has 0 bridgehead atoms. The van der Waals surface area contributed by atoms with E-state index in [2.05, 4.69) is 18.4 Å². The van der Waals surface area contributed by atoms with Crippen molar-refractivity contribution in [3.63, 3.8) is 0 Å². The highest BCUT2D eigenvalue weighted by Gasteiger charge is 2.48. The molecule has 10 nitrogen and oxygen atoms in total. The molecule has 0 rings (SSSR count). The minimum Gasteiger partial charge on any atom is -0.394 e. The molecule has 0 aliphatic rings. The maximum absolute atomic E-state index is 12.7. The lowest BCUT2D eigenvalue weighted by molar-refractivity contribution is -0.870. The van der Waals surface area contributed by atoms with E-state index in [1.807, 2.05) is 21.1 Å². The summed E-state index contributed by atoms with van der Waals surface area (Å²) in [6.07, 6.45) is 23.7. The number of aliphatic hydroxyl groups is 3. The Balaban J connectivity index is 0. The fraction of sp³-hybridized carbons (Fsp3) is 0.944. The summed E-state index contributed by atoms with van der Waals surface area (Å²) >= 11 is 0. The summed E-state index contributed by atoms with van der Waals surface area (Å²) in [5.74, 6) is -1.29. The minimum absolute atomic E-state index is 0.0641. The highest BCUT2D eigenvalue weighted by atomic mass is 31.2. The molecular weight excluding hydrogens is 621 g/mol. The summed E-state index contributed by atoms with van der Waals surface area (Å²) in [7, 11) is 1.50. The van der Waals surface area contributed by atoms with Crippen LogP contribution in [0.4, 0.5) is 0 Å². The van der Waals surface area contributed by atoms with Gasteiger partial charge in [0.1, 0.15) is 19.3 Å². The molecule has 0 spiro atoms. The van der Waals surface area contributed by atoms with Crippen LogP contribution in [-0.4, -0.2) is 93.8 Å². The highest BCUT2D eigenvalue weighted by molar-refractivity contribution is 7.46. The molecule has 0 aliphatic heterocycles. The Kier molecular flexibility index (Phi) is 31.0. The SMILES string of the molecule is CCCCCCCCCCCCCC(=O)C(O)(C(=O)CCCCCCCCCCCCC)C(O)CO.C[N+](C)(C)CCOP(=O)(O)O. The first kappa shape index (κ1) is 48.4. The van der Waals surface area contributed by atoms with Gasteiger partial charge in [0.15, 0.2) is 11.6 Å². The van der Waals surface area contributed by atoms with Gasteiger partial charge in [-0.2, -0.15) is 0 Å². The van der Waals surface area contributed by atoms with Crippen LogP contribution >= 0.6 is 7.82 Å². The topological polar surface area (TPSA) is 162 Å². The first-order valence-electron chi connectivity index (χ1n) is 18.7. The molecule has 0 radical (unpaired) electrons. The Morgan fingerprint density at radius 3 is 1.19 bits per heavy atom. The Bertz CT molecular complexity index is 760. The van der Waals surface area contributed by atoms with Crippen molar-refractivity contribution in [2.45, 2.75) is 180 Å². The van der Waals surface area contributed by atoms with E-state index in [0.717, 1.165) is 38.5 Å². The second kappa shape index (κ2) is 30.1. The number of Topliss-reactive ketones (excluding diaryl/α,β-unsaturated/α-hetero) is 2. The average Bonchev–Trinajstić information content (AvgIpc) is 3.00. The molecular formula is C36H75NO9P+. The Morgan fingerprint density at radius 2 is 0.936 bits per heavy atom. The molecule has 1 atom stereocenters. The van der Waals surface area contributed by atoms with Crippen LogP contribution in [0.2, 0.25) is 0 Å². The number of carbonyl (C=O) groups is 2. The van der Waals surface area contributed by atoms with Gasteiger partial charge in [-0.25, -0.2) is 4.57 Å². The van der Waals surface area contributed by atoms with Crippen LogP contribution in [0.1, 0.15) is 168 Å². The summed E-state index contributed by atoms with van der Waals surface area (Å²) in [6.45, 7) is 4.31. The molecule has 0 aromatic heterocycles. The second-order valence-corrected chi connectivity index (χ2v) is 15.5. The Hall–Kier alpha value is -0.710. The van der Waals surface area contributed by atoms with Crippen molar-refractivity contribution >= 4 is 19.4 Å². The number of aliphatic hydroxyl groups excluding tert-OH is 2. The predicted molar refractivity (Wildman–Crippen MR) is 191 cm³/mol. The summed E-state index contributed by atoms with van der Waals surface area (Å²) in [6, 6.07) is 0. The van der Waals surface area contributed by atoms with Crippen LogP contribution in [0.5, 0.6) is 0 Å². The number of quaternary nitrogens is 1. The monoisotopic (exact) mass is 697 g/mol. The van der Waals surface area contributed by atoms with E-state index in [0.29, 0.717) is 23.9 Å². The van der Waals surface area contributed by atoms with Gasteiger partial charge < -0.3 is 29.6 Å². The van der Waals surface area contributed by atoms with E-state index in [9.17, 15) is 29.5 Å². The number of nitrogens with zero attached hydrogens (tertiary/aromatic N) is 1. The molecule has 282 valence electrons. The first-order valence-corrected chi connectivity index (χ1v) is 20.3. The van der Waals surface area contributed by atoms with Gasteiger partial charge in [-0.1, -0.05) is 142 Å². The van der Waals surface area contributed by atoms with E-state index < -0.39 is 37.7 Å². The lowest BCUT2D eigenvalue weighted by atomic mass is 9.82. The number of hydrogen-bond acceptors (Lipinski definition) is 7. The third-order valence-electron chi connectivity index (χ3n) is 8.54. The molecule has 0 amide bonds. The number of rotatable bonds is 32. The Labute approximate surface area is 287 Å². The zero-order valence-electron chi connectivity index (χ0n) is 30.9. The standard InChI is InChI=1S/C31H60O5.C5H14NO4P/c1-3-5-7-9-11-13-15-17-19-21-23-25-28(33)31(36,30(35)27-32)29(34)26-24-22-20-18-16-14-12-10-8-6-4-2;1-6(2,3)4-5-10-11(7,8)9/h30,32,35-36H,3-27H2,1-2H3;4-5H2,1-3H3,(H-,7,8,9)/p+1. The molecule has 0 saturated heterocycles. The number of phosphoric acid groups is 1. The van der Waals surface area contributed by atoms with Crippen LogP contribution in [0.25, 0.3) is 0 Å². The maximum atomic E-state index is 12.7. The number of likely N-dealkylation sites (N-methyl/N-ethyl adjacent to an activating group) is 1. The molecule has 11 heteroatoms. The summed E-state index contributed by atoms with van der Waals surface area (Å²) in [4.78, 5) is 42.0. The van der Waals surface area contributed by atoms with Crippen molar-refractivity contribution < 1.29 is 48.3 Å². The number of unbranched alkanes of at least 4 members (excludes halogenated alkanes) is 20. The van der Waals surface area contributed by atoms with Crippen molar-refractivity contribution in [2.75, 3.05) is 40.9 Å². The fourth-order valence-corrected chi connectivity index (χ4v) is 5.69. The van der Waals surface area contributed by atoms with Crippen LogP contribution in [0, 0.1) is 0 Å². The van der Waals surface area contributed by atoms with Crippen molar-refractivity contribution in [3.05, 3.63) is 0 Å². The highest BCUT2D eigenvalue weighted by Crippen LogP contribution is 2.35. The van der Waals surface area contributed by atoms with E-state index >= 15 is 0 Å². The molecule has 1 unspecified atom stereocenters. The van der Waals surface area contributed by atoms with Crippen LogP contribution in [-0.2, 0) is 18.7 Å². The predicted octanol–water partition coefficient (Wildman–Crippen LogP) is 7.41. The third kappa shape index (κ3) is 29.9. The third-order valence-corrected chi connectivity index (χ3v) is 9.06. The van der Waals surface area contributed by atoms with Crippen molar-refractivity contribution in [2.24, 2.45) is 0 Å². The first-order chi connectivity index (χ1) is 22.2. The quantitative estimate of drug-likeness (QED) is 0.0209. The van der Waals surface area contributed by atoms with E-state index in [-0.39, 0.29) is 19.4 Å². The molecule has 47 heavy (non-hydrogen) atoms.